The molecular formula is C13H11N2OS. The number of para-hydroxylation sites is 1. The number of fused-ring (bicyclic) bond motifs is 3. The summed E-state index contributed by atoms with van der Waals surface area (Å²) < 4.78 is 0. The normalized spacial score (nSPS) is 11.3. The molecule has 85 valence electrons. The first kappa shape index (κ1) is 10.4. The van der Waals surface area contributed by atoms with Crippen molar-refractivity contribution in [2.75, 3.05) is 0 Å². The Hall–Kier alpha value is -1.81. The average molecular weight is 243 g/mol. The second-order valence-electron chi connectivity index (χ2n) is 4.05. The van der Waals surface area contributed by atoms with Gasteiger partial charge in [-0.2, -0.15) is 0 Å². The molecule has 0 unspecified atom stereocenters. The topological polar surface area (TPSA) is 56.7 Å². The fraction of sp³-hybridized carbons (Fsp3) is 0.154. The maximum Gasteiger partial charge on any atom is 0.238 e. The van der Waals surface area contributed by atoms with Crippen molar-refractivity contribution in [1.82, 2.24) is 10.7 Å². The molecular weight excluding hydrogens is 232 g/mol. The Balaban J connectivity index is 2.04. The van der Waals surface area contributed by atoms with Crippen molar-refractivity contribution in [3.8, 4) is 0 Å². The first-order valence-corrected chi connectivity index (χ1v) is 6.29. The third-order valence-corrected chi connectivity index (χ3v) is 3.96. The average Bonchev–Trinajstić information content (AvgIpc) is 2.83. The number of aryl methyl sites for hydroxylation is 1. The van der Waals surface area contributed by atoms with Crippen LogP contribution in [0.2, 0.25) is 0 Å². The molecule has 0 bridgehead atoms. The molecule has 0 aliphatic rings. The molecule has 3 rings (SSSR count). The molecule has 17 heavy (non-hydrogen) atoms. The van der Waals surface area contributed by atoms with E-state index in [2.05, 4.69) is 23.2 Å². The van der Waals surface area contributed by atoms with Crippen LogP contribution >= 0.6 is 11.3 Å². The Kier molecular flexibility index (Phi) is 2.37. The van der Waals surface area contributed by atoms with E-state index in [0.717, 1.165) is 15.2 Å². The number of nitrogens with one attached hydrogen (secondary N) is 2. The fourth-order valence-electron chi connectivity index (χ4n) is 2.04. The Morgan fingerprint density at radius 1 is 1.29 bits per heavy atom. The van der Waals surface area contributed by atoms with Gasteiger partial charge in [-0.05, 0) is 18.6 Å². The van der Waals surface area contributed by atoms with Crippen LogP contribution in [0.15, 0.2) is 30.3 Å². The SMILES string of the molecule is [NH]C(=O)CCc1cc2c([nH]c3ccccc32)s1. The zero-order chi connectivity index (χ0) is 11.8. The highest BCUT2D eigenvalue weighted by Gasteiger charge is 2.08. The quantitative estimate of drug-likeness (QED) is 0.755. The second kappa shape index (κ2) is 3.89. The van der Waals surface area contributed by atoms with E-state index in [9.17, 15) is 4.79 Å². The number of hydrogen-bond acceptors (Lipinski definition) is 2. The van der Waals surface area contributed by atoms with Gasteiger partial charge in [0, 0.05) is 27.6 Å². The van der Waals surface area contributed by atoms with Crippen molar-refractivity contribution in [2.45, 2.75) is 12.8 Å². The van der Waals surface area contributed by atoms with Gasteiger partial charge in [-0.3, -0.25) is 10.5 Å². The van der Waals surface area contributed by atoms with Gasteiger partial charge in [0.15, 0.2) is 0 Å². The molecule has 0 aliphatic heterocycles. The van der Waals surface area contributed by atoms with Crippen molar-refractivity contribution >= 4 is 38.4 Å². The molecule has 0 spiro atoms. The van der Waals surface area contributed by atoms with Crippen molar-refractivity contribution in [2.24, 2.45) is 0 Å². The minimum atomic E-state index is -0.494. The van der Waals surface area contributed by atoms with Gasteiger partial charge in [0.2, 0.25) is 5.91 Å². The number of hydrogen-bond donors (Lipinski definition) is 1. The first-order chi connectivity index (χ1) is 8.24. The molecule has 0 fully saturated rings. The lowest BCUT2D eigenvalue weighted by molar-refractivity contribution is -0.118. The van der Waals surface area contributed by atoms with E-state index in [1.807, 2.05) is 12.1 Å². The van der Waals surface area contributed by atoms with Crippen molar-refractivity contribution < 1.29 is 4.79 Å². The molecule has 1 aromatic carbocycles. The number of benzene rings is 1. The molecule has 3 aromatic rings. The van der Waals surface area contributed by atoms with Gasteiger partial charge in [-0.1, -0.05) is 18.2 Å². The maximum atomic E-state index is 10.6. The number of carbonyl (C=O) groups excluding carboxylic acids is 1. The fourth-order valence-corrected chi connectivity index (χ4v) is 3.13. The van der Waals surface area contributed by atoms with Crippen LogP contribution in [-0.2, 0) is 11.2 Å². The summed E-state index contributed by atoms with van der Waals surface area (Å²) in [5.74, 6) is -0.494. The van der Waals surface area contributed by atoms with Crippen LogP contribution in [0.1, 0.15) is 11.3 Å². The van der Waals surface area contributed by atoms with E-state index in [1.165, 1.54) is 10.8 Å². The molecule has 0 aliphatic carbocycles. The molecule has 0 saturated heterocycles. The number of carbonyl (C=O) groups is 1. The minimum Gasteiger partial charge on any atom is -0.346 e. The van der Waals surface area contributed by atoms with Crippen LogP contribution in [0.3, 0.4) is 0 Å². The van der Waals surface area contributed by atoms with Gasteiger partial charge in [-0.15, -0.1) is 11.3 Å². The van der Waals surface area contributed by atoms with E-state index in [0.29, 0.717) is 12.8 Å². The molecule has 3 nitrogen and oxygen atoms in total. The first-order valence-electron chi connectivity index (χ1n) is 5.47. The zero-order valence-corrected chi connectivity index (χ0v) is 9.93. The van der Waals surface area contributed by atoms with Crippen LogP contribution in [0.5, 0.6) is 0 Å². The molecule has 1 radical (unpaired) electrons. The van der Waals surface area contributed by atoms with Gasteiger partial charge < -0.3 is 4.98 Å². The highest BCUT2D eigenvalue weighted by atomic mass is 32.1. The van der Waals surface area contributed by atoms with Crippen LogP contribution in [0.25, 0.3) is 21.1 Å². The zero-order valence-electron chi connectivity index (χ0n) is 9.12. The number of rotatable bonds is 3. The van der Waals surface area contributed by atoms with E-state index in [4.69, 9.17) is 5.73 Å². The van der Waals surface area contributed by atoms with Crippen LogP contribution in [-0.4, -0.2) is 10.9 Å². The molecule has 0 saturated carbocycles. The Morgan fingerprint density at radius 2 is 2.12 bits per heavy atom. The summed E-state index contributed by atoms with van der Waals surface area (Å²) in [7, 11) is 0. The lowest BCUT2D eigenvalue weighted by atomic mass is 10.2. The summed E-state index contributed by atoms with van der Waals surface area (Å²) in [6.07, 6.45) is 0.977. The largest absolute Gasteiger partial charge is 0.346 e. The molecule has 2 heterocycles. The van der Waals surface area contributed by atoms with Crippen molar-refractivity contribution in [3.05, 3.63) is 35.2 Å². The minimum absolute atomic E-state index is 0.307. The summed E-state index contributed by atoms with van der Waals surface area (Å²) >= 11 is 1.67. The summed E-state index contributed by atoms with van der Waals surface area (Å²) in [6.45, 7) is 0. The smallest absolute Gasteiger partial charge is 0.238 e. The molecule has 1 amide bonds. The van der Waals surface area contributed by atoms with Gasteiger partial charge in [0.1, 0.15) is 4.83 Å². The number of H-pyrrole nitrogens is 1. The maximum absolute atomic E-state index is 10.6. The summed E-state index contributed by atoms with van der Waals surface area (Å²) in [6, 6.07) is 10.3. The van der Waals surface area contributed by atoms with Gasteiger partial charge in [0.25, 0.3) is 0 Å². The number of thiophene rings is 1. The van der Waals surface area contributed by atoms with Crippen LogP contribution in [0.4, 0.5) is 0 Å². The van der Waals surface area contributed by atoms with Crippen molar-refractivity contribution in [3.63, 3.8) is 0 Å². The molecule has 2 N–H and O–H groups in total. The van der Waals surface area contributed by atoms with Crippen molar-refractivity contribution in [1.29, 1.82) is 0 Å². The Labute approximate surface area is 102 Å². The van der Waals surface area contributed by atoms with Crippen LogP contribution < -0.4 is 5.73 Å². The predicted octanol–water partition coefficient (Wildman–Crippen LogP) is 3.12. The van der Waals surface area contributed by atoms with E-state index >= 15 is 0 Å². The molecule has 2 aromatic heterocycles. The van der Waals surface area contributed by atoms with E-state index in [-0.39, 0.29) is 0 Å². The highest BCUT2D eigenvalue weighted by Crippen LogP contribution is 2.32. The Bertz CT molecular complexity index is 696. The van der Waals surface area contributed by atoms with Gasteiger partial charge in [0.05, 0.1) is 0 Å². The summed E-state index contributed by atoms with van der Waals surface area (Å²) in [5, 5.41) is 2.44. The molecule has 0 atom stereocenters. The van der Waals surface area contributed by atoms with Gasteiger partial charge >= 0.3 is 0 Å². The standard InChI is InChI=1S/C13H11N2OS/c14-12(16)6-5-8-7-10-9-3-1-2-4-11(9)15-13(10)17-8/h1-4,7,14-15H,5-6H2. The summed E-state index contributed by atoms with van der Waals surface area (Å²) in [4.78, 5) is 16.3. The Morgan fingerprint density at radius 3 is 2.94 bits per heavy atom. The number of aromatic amines is 1. The predicted molar refractivity (Wildman–Crippen MR) is 70.1 cm³/mol. The lowest BCUT2D eigenvalue weighted by Crippen LogP contribution is -1.98. The molecule has 4 heteroatoms. The van der Waals surface area contributed by atoms with Crippen LogP contribution in [0, 0.1) is 0 Å². The summed E-state index contributed by atoms with van der Waals surface area (Å²) in [5.41, 5.74) is 8.06. The number of aromatic nitrogens is 1. The van der Waals surface area contributed by atoms with E-state index < -0.39 is 5.91 Å². The van der Waals surface area contributed by atoms with E-state index in [1.54, 1.807) is 11.3 Å². The monoisotopic (exact) mass is 243 g/mol. The third kappa shape index (κ3) is 1.80. The lowest BCUT2D eigenvalue weighted by Gasteiger charge is -1.91. The third-order valence-electron chi connectivity index (χ3n) is 2.85. The number of amides is 1. The highest BCUT2D eigenvalue weighted by molar-refractivity contribution is 7.18. The second-order valence-corrected chi connectivity index (χ2v) is 5.19. The van der Waals surface area contributed by atoms with Gasteiger partial charge in [-0.25, -0.2) is 0 Å².